The van der Waals surface area contributed by atoms with Crippen molar-refractivity contribution in [3.8, 4) is 11.1 Å². The van der Waals surface area contributed by atoms with E-state index in [1.54, 1.807) is 0 Å². The summed E-state index contributed by atoms with van der Waals surface area (Å²) >= 11 is 0. The lowest BCUT2D eigenvalue weighted by Crippen LogP contribution is -2.23. The van der Waals surface area contributed by atoms with Gasteiger partial charge in [0.1, 0.15) is 11.8 Å². The number of nitrogens with two attached hydrogens (primary N) is 1. The first-order valence-electron chi connectivity index (χ1n) is 12.2. The summed E-state index contributed by atoms with van der Waals surface area (Å²) in [6.07, 6.45) is 4.17. The second-order valence-corrected chi connectivity index (χ2v) is 9.26. The van der Waals surface area contributed by atoms with Crippen LogP contribution >= 0.6 is 0 Å². The van der Waals surface area contributed by atoms with Crippen molar-refractivity contribution >= 4 is 28.2 Å². The fourth-order valence-electron chi connectivity index (χ4n) is 4.60. The number of anilines is 1. The van der Waals surface area contributed by atoms with E-state index < -0.39 is 0 Å². The molecule has 0 amide bonds. The number of rotatable bonds is 8. The summed E-state index contributed by atoms with van der Waals surface area (Å²) in [7, 11) is 0. The van der Waals surface area contributed by atoms with Gasteiger partial charge in [-0.3, -0.25) is 9.48 Å². The molecule has 0 saturated carbocycles. The molecule has 0 saturated heterocycles. The molecule has 0 spiro atoms. The fourth-order valence-corrected chi connectivity index (χ4v) is 4.60. The first-order chi connectivity index (χ1) is 17.4. The summed E-state index contributed by atoms with van der Waals surface area (Å²) in [6, 6.07) is 18.6. The number of hydrogen-bond acceptors (Lipinski definition) is 6. The number of fused-ring (bicyclic) bond motifs is 2. The number of hydrogen-bond donors (Lipinski definition) is 1. The van der Waals surface area contributed by atoms with Crippen LogP contribution in [0.5, 0.6) is 0 Å². The fraction of sp³-hybridized carbons (Fsp3) is 0.286. The van der Waals surface area contributed by atoms with Crippen molar-refractivity contribution in [2.24, 2.45) is 11.8 Å². The van der Waals surface area contributed by atoms with Gasteiger partial charge in [0.15, 0.2) is 5.82 Å². The van der Waals surface area contributed by atoms with Gasteiger partial charge in [0.05, 0.1) is 24.6 Å². The number of esters is 1. The highest BCUT2D eigenvalue weighted by molar-refractivity contribution is 5.92. The Hall–Kier alpha value is -4.20. The molecule has 5 rings (SSSR count). The highest BCUT2D eigenvalue weighted by Gasteiger charge is 2.24. The molecule has 184 valence electrons. The zero-order valence-corrected chi connectivity index (χ0v) is 20.8. The minimum atomic E-state index is -0.233. The lowest BCUT2D eigenvalue weighted by atomic mass is 9.91. The van der Waals surface area contributed by atoms with Crippen molar-refractivity contribution < 1.29 is 9.53 Å². The zero-order valence-electron chi connectivity index (χ0n) is 20.8. The number of carbonyl (C=O) groups is 1. The summed E-state index contributed by atoms with van der Waals surface area (Å²) in [5.74, 6) is 0.0502. The van der Waals surface area contributed by atoms with Crippen molar-refractivity contribution in [2.75, 3.05) is 12.3 Å². The van der Waals surface area contributed by atoms with E-state index in [1.165, 1.54) is 11.9 Å². The van der Waals surface area contributed by atoms with E-state index in [9.17, 15) is 4.79 Å². The van der Waals surface area contributed by atoms with Crippen LogP contribution in [0.2, 0.25) is 0 Å². The lowest BCUT2D eigenvalue weighted by molar-refractivity contribution is -0.149. The smallest absolute Gasteiger partial charge is 0.308 e. The van der Waals surface area contributed by atoms with Gasteiger partial charge in [-0.25, -0.2) is 9.50 Å². The van der Waals surface area contributed by atoms with Crippen LogP contribution in [0.25, 0.3) is 27.5 Å². The van der Waals surface area contributed by atoms with E-state index in [4.69, 9.17) is 15.6 Å². The van der Waals surface area contributed by atoms with Gasteiger partial charge < -0.3 is 10.5 Å². The molecule has 3 heterocycles. The maximum atomic E-state index is 12.3. The minimum absolute atomic E-state index is 0.0577. The minimum Gasteiger partial charge on any atom is -0.466 e. The van der Waals surface area contributed by atoms with Gasteiger partial charge in [0.2, 0.25) is 0 Å². The van der Waals surface area contributed by atoms with Crippen LogP contribution in [-0.4, -0.2) is 37.0 Å². The van der Waals surface area contributed by atoms with E-state index in [-0.39, 0.29) is 17.8 Å². The summed E-state index contributed by atoms with van der Waals surface area (Å²) in [6.45, 7) is 6.87. The maximum absolute atomic E-state index is 12.3. The molecule has 2 aromatic carbocycles. The molecule has 36 heavy (non-hydrogen) atoms. The first kappa shape index (κ1) is 23.5. The summed E-state index contributed by atoms with van der Waals surface area (Å²) in [4.78, 5) is 16.5. The molecule has 2 atom stereocenters. The second-order valence-electron chi connectivity index (χ2n) is 9.26. The van der Waals surface area contributed by atoms with Gasteiger partial charge in [-0.15, -0.1) is 0 Å². The van der Waals surface area contributed by atoms with E-state index >= 15 is 0 Å². The standard InChI is InChI=1S/C28H30N6O2/c1-4-36-28(35)19(3)18(2)12-23-14-24(26-27(29)30-17-31-34(23)26)21-10-11-22-16-33(32-25(22)13-21)15-20-8-6-5-7-9-20/h5-11,13-14,16-19H,4,12,15H2,1-3H3,(H2,29,30,31)/t18-,19-/m0/s1. The average Bonchev–Trinajstić information content (AvgIpc) is 3.45. The molecule has 8 nitrogen and oxygen atoms in total. The molecule has 0 bridgehead atoms. The van der Waals surface area contributed by atoms with Crippen LogP contribution in [0.1, 0.15) is 32.0 Å². The normalized spacial score (nSPS) is 13.2. The van der Waals surface area contributed by atoms with Crippen molar-refractivity contribution in [2.45, 2.75) is 33.7 Å². The number of aromatic nitrogens is 5. The molecule has 0 radical (unpaired) electrons. The van der Waals surface area contributed by atoms with Crippen LogP contribution in [0, 0.1) is 11.8 Å². The number of ether oxygens (including phenoxy) is 1. The van der Waals surface area contributed by atoms with Crippen molar-refractivity contribution in [1.29, 1.82) is 0 Å². The number of nitrogen functional groups attached to an aromatic ring is 1. The molecule has 5 aromatic rings. The quantitative estimate of drug-likeness (QED) is 0.320. The summed E-state index contributed by atoms with van der Waals surface area (Å²) < 4.78 is 9.02. The molecule has 0 fully saturated rings. The van der Waals surface area contributed by atoms with E-state index in [2.05, 4.69) is 59.6 Å². The van der Waals surface area contributed by atoms with Gasteiger partial charge in [0, 0.05) is 22.8 Å². The molecule has 0 aliphatic heterocycles. The third-order valence-electron chi connectivity index (χ3n) is 6.75. The Morgan fingerprint density at radius 1 is 1.11 bits per heavy atom. The zero-order chi connectivity index (χ0) is 25.2. The summed E-state index contributed by atoms with van der Waals surface area (Å²) in [5, 5.41) is 10.4. The van der Waals surface area contributed by atoms with E-state index in [0.717, 1.165) is 33.2 Å². The van der Waals surface area contributed by atoms with E-state index in [1.807, 2.05) is 41.2 Å². The van der Waals surface area contributed by atoms with Crippen molar-refractivity contribution in [3.63, 3.8) is 0 Å². The van der Waals surface area contributed by atoms with Crippen molar-refractivity contribution in [1.82, 2.24) is 24.4 Å². The van der Waals surface area contributed by atoms with Gasteiger partial charge in [0.25, 0.3) is 0 Å². The van der Waals surface area contributed by atoms with Gasteiger partial charge in [-0.1, -0.05) is 56.3 Å². The van der Waals surface area contributed by atoms with Crippen LogP contribution in [-0.2, 0) is 22.5 Å². The number of benzene rings is 2. The van der Waals surface area contributed by atoms with Crippen LogP contribution in [0.3, 0.4) is 0 Å². The van der Waals surface area contributed by atoms with Gasteiger partial charge in [-0.2, -0.15) is 10.2 Å². The topological polar surface area (TPSA) is 100 Å². The second kappa shape index (κ2) is 9.81. The highest BCUT2D eigenvalue weighted by Crippen LogP contribution is 2.33. The first-order valence-corrected chi connectivity index (χ1v) is 12.2. The van der Waals surface area contributed by atoms with Gasteiger partial charge >= 0.3 is 5.97 Å². The molecule has 3 aromatic heterocycles. The van der Waals surface area contributed by atoms with E-state index in [0.29, 0.717) is 25.4 Å². The Balaban J connectivity index is 1.50. The molecular formula is C28H30N6O2. The molecule has 8 heteroatoms. The summed E-state index contributed by atoms with van der Waals surface area (Å²) in [5.41, 5.74) is 12.1. The maximum Gasteiger partial charge on any atom is 0.308 e. The molecular weight excluding hydrogens is 452 g/mol. The van der Waals surface area contributed by atoms with Crippen LogP contribution < -0.4 is 5.73 Å². The number of carbonyl (C=O) groups excluding carboxylic acids is 1. The Morgan fingerprint density at radius 2 is 1.92 bits per heavy atom. The predicted octanol–water partition coefficient (Wildman–Crippen LogP) is 4.75. The van der Waals surface area contributed by atoms with Crippen LogP contribution in [0.4, 0.5) is 5.82 Å². The number of nitrogens with zero attached hydrogens (tertiary/aromatic N) is 5. The molecule has 0 aliphatic carbocycles. The lowest BCUT2D eigenvalue weighted by Gasteiger charge is -2.18. The monoisotopic (exact) mass is 482 g/mol. The van der Waals surface area contributed by atoms with Crippen molar-refractivity contribution in [3.05, 3.63) is 78.4 Å². The van der Waals surface area contributed by atoms with Crippen LogP contribution in [0.15, 0.2) is 67.1 Å². The Labute approximate surface area is 209 Å². The average molecular weight is 483 g/mol. The highest BCUT2D eigenvalue weighted by atomic mass is 16.5. The third kappa shape index (κ3) is 4.54. The molecule has 0 unspecified atom stereocenters. The third-order valence-corrected chi connectivity index (χ3v) is 6.75. The SMILES string of the molecule is CCOC(=O)[C@@H](C)[C@@H](C)Cc1cc(-c2ccc3cn(Cc4ccccc4)nc3c2)c2c(N)ncnn12. The Bertz CT molecular complexity index is 1520. The molecule has 0 aliphatic rings. The Morgan fingerprint density at radius 3 is 2.69 bits per heavy atom. The van der Waals surface area contributed by atoms with Gasteiger partial charge in [-0.05, 0) is 42.5 Å². The predicted molar refractivity (Wildman–Crippen MR) is 140 cm³/mol. The molecule has 2 N–H and O–H groups in total. The largest absolute Gasteiger partial charge is 0.466 e. The Kier molecular flexibility index (Phi) is 6.41.